The summed E-state index contributed by atoms with van der Waals surface area (Å²) >= 11 is 0. The number of hydrogen-bond acceptors (Lipinski definition) is 4. The number of aromatic carboxylic acids is 1. The zero-order chi connectivity index (χ0) is 11.6. The summed E-state index contributed by atoms with van der Waals surface area (Å²) in [5.41, 5.74) is -0.262. The van der Waals surface area contributed by atoms with Gasteiger partial charge < -0.3 is 5.11 Å². The van der Waals surface area contributed by atoms with Gasteiger partial charge in [0.15, 0.2) is 9.84 Å². The summed E-state index contributed by atoms with van der Waals surface area (Å²) < 4.78 is 22.4. The summed E-state index contributed by atoms with van der Waals surface area (Å²) in [6, 6.07) is 3.41. The monoisotopic (exact) mass is 228 g/mol. The van der Waals surface area contributed by atoms with Crippen molar-refractivity contribution < 1.29 is 23.1 Å². The van der Waals surface area contributed by atoms with E-state index in [0.29, 0.717) is 6.29 Å². The summed E-state index contributed by atoms with van der Waals surface area (Å²) in [7, 11) is -3.60. The Bertz CT molecular complexity index is 515. The Morgan fingerprint density at radius 1 is 1.40 bits per heavy atom. The van der Waals surface area contributed by atoms with E-state index in [1.807, 2.05) is 0 Å². The highest BCUT2D eigenvalue weighted by molar-refractivity contribution is 7.90. The van der Waals surface area contributed by atoms with Crippen LogP contribution in [0.1, 0.15) is 20.7 Å². The molecule has 0 unspecified atom stereocenters. The van der Waals surface area contributed by atoms with Gasteiger partial charge >= 0.3 is 5.97 Å². The fraction of sp³-hybridized carbons (Fsp3) is 0.111. The van der Waals surface area contributed by atoms with Crippen molar-refractivity contribution in [2.75, 3.05) is 6.26 Å². The molecule has 0 saturated heterocycles. The van der Waals surface area contributed by atoms with E-state index in [1.165, 1.54) is 6.07 Å². The summed E-state index contributed by atoms with van der Waals surface area (Å²) in [6.07, 6.45) is 1.37. The van der Waals surface area contributed by atoms with Crippen LogP contribution in [0, 0.1) is 0 Å². The lowest BCUT2D eigenvalue weighted by molar-refractivity contribution is 0.0692. The normalized spacial score (nSPS) is 11.0. The first-order valence-electron chi connectivity index (χ1n) is 3.89. The van der Waals surface area contributed by atoms with Crippen molar-refractivity contribution in [3.63, 3.8) is 0 Å². The molecule has 0 amide bonds. The number of carbonyl (C=O) groups is 2. The van der Waals surface area contributed by atoms with E-state index in [0.717, 1.165) is 18.4 Å². The highest BCUT2D eigenvalue weighted by atomic mass is 32.2. The molecule has 6 heteroatoms. The van der Waals surface area contributed by atoms with Gasteiger partial charge in [-0.05, 0) is 12.1 Å². The third-order valence-electron chi connectivity index (χ3n) is 1.77. The van der Waals surface area contributed by atoms with E-state index in [4.69, 9.17) is 5.11 Å². The molecule has 1 rings (SSSR count). The van der Waals surface area contributed by atoms with Crippen molar-refractivity contribution in [1.29, 1.82) is 0 Å². The first-order chi connectivity index (χ1) is 6.86. The molecule has 1 aromatic carbocycles. The largest absolute Gasteiger partial charge is 0.478 e. The Morgan fingerprint density at radius 2 is 2.00 bits per heavy atom. The Balaban J connectivity index is 3.54. The van der Waals surface area contributed by atoms with E-state index in [2.05, 4.69) is 0 Å². The highest BCUT2D eigenvalue weighted by Crippen LogP contribution is 2.16. The minimum atomic E-state index is -3.60. The standard InChI is InChI=1S/C9H8O5S/c1-15(13,14)8-3-2-6(5-10)4-7(8)9(11)12/h2-5H,1H3,(H,11,12). The second-order valence-corrected chi connectivity index (χ2v) is 4.93. The van der Waals surface area contributed by atoms with Crippen LogP contribution in [0.15, 0.2) is 23.1 Å². The number of hydrogen-bond donors (Lipinski definition) is 1. The van der Waals surface area contributed by atoms with Crippen molar-refractivity contribution >= 4 is 22.1 Å². The molecule has 1 aromatic rings. The number of sulfone groups is 1. The molecule has 5 nitrogen and oxygen atoms in total. The van der Waals surface area contributed by atoms with Gasteiger partial charge in [0, 0.05) is 11.8 Å². The van der Waals surface area contributed by atoms with Crippen molar-refractivity contribution in [3.05, 3.63) is 29.3 Å². The second-order valence-electron chi connectivity index (χ2n) is 2.95. The lowest BCUT2D eigenvalue weighted by Crippen LogP contribution is -2.08. The molecular formula is C9H8O5S. The van der Waals surface area contributed by atoms with Crippen LogP contribution in [0.5, 0.6) is 0 Å². The van der Waals surface area contributed by atoms with Crippen molar-refractivity contribution in [1.82, 2.24) is 0 Å². The molecule has 0 aliphatic heterocycles. The van der Waals surface area contributed by atoms with E-state index in [-0.39, 0.29) is 16.0 Å². The molecule has 0 saturated carbocycles. The van der Waals surface area contributed by atoms with Gasteiger partial charge in [0.2, 0.25) is 0 Å². The number of carboxylic acid groups (broad SMARTS) is 1. The van der Waals surface area contributed by atoms with Crippen LogP contribution < -0.4 is 0 Å². The van der Waals surface area contributed by atoms with Gasteiger partial charge in [-0.15, -0.1) is 0 Å². The molecule has 0 radical (unpaired) electrons. The molecule has 80 valence electrons. The van der Waals surface area contributed by atoms with Crippen LogP contribution in [-0.2, 0) is 9.84 Å². The molecule has 0 aliphatic carbocycles. The molecule has 0 spiro atoms. The smallest absolute Gasteiger partial charge is 0.337 e. The molecule has 0 fully saturated rings. The fourth-order valence-corrected chi connectivity index (χ4v) is 1.97. The zero-order valence-electron chi connectivity index (χ0n) is 7.80. The van der Waals surface area contributed by atoms with Crippen LogP contribution in [0.3, 0.4) is 0 Å². The average molecular weight is 228 g/mol. The van der Waals surface area contributed by atoms with Crippen LogP contribution in [0.4, 0.5) is 0 Å². The second kappa shape index (κ2) is 3.82. The van der Waals surface area contributed by atoms with Gasteiger partial charge in [-0.25, -0.2) is 13.2 Å². The third-order valence-corrected chi connectivity index (χ3v) is 2.92. The number of carboxylic acids is 1. The molecule has 0 aromatic heterocycles. The summed E-state index contributed by atoms with van der Waals surface area (Å²) in [4.78, 5) is 20.9. The van der Waals surface area contributed by atoms with E-state index in [9.17, 15) is 18.0 Å². The fourth-order valence-electron chi connectivity index (χ4n) is 1.11. The lowest BCUT2D eigenvalue weighted by atomic mass is 10.1. The van der Waals surface area contributed by atoms with Crippen molar-refractivity contribution in [2.24, 2.45) is 0 Å². The molecule has 0 atom stereocenters. The number of rotatable bonds is 3. The average Bonchev–Trinajstić information content (AvgIpc) is 2.15. The van der Waals surface area contributed by atoms with Crippen LogP contribution >= 0.6 is 0 Å². The first kappa shape index (κ1) is 11.4. The topological polar surface area (TPSA) is 88.5 Å². The minimum absolute atomic E-state index is 0.125. The summed E-state index contributed by atoms with van der Waals surface area (Å²) in [5, 5.41) is 8.77. The Hall–Kier alpha value is -1.69. The predicted octanol–water partition coefficient (Wildman–Crippen LogP) is 0.601. The van der Waals surface area contributed by atoms with Gasteiger partial charge in [0.1, 0.15) is 6.29 Å². The SMILES string of the molecule is CS(=O)(=O)c1ccc(C=O)cc1C(=O)O. The lowest BCUT2D eigenvalue weighted by Gasteiger charge is -2.03. The molecule has 15 heavy (non-hydrogen) atoms. The highest BCUT2D eigenvalue weighted by Gasteiger charge is 2.18. The molecule has 0 heterocycles. The number of carbonyl (C=O) groups excluding carboxylic acids is 1. The van der Waals surface area contributed by atoms with Crippen LogP contribution in [0.2, 0.25) is 0 Å². The maximum atomic E-state index is 11.2. The van der Waals surface area contributed by atoms with Gasteiger partial charge in [-0.1, -0.05) is 6.07 Å². The zero-order valence-corrected chi connectivity index (χ0v) is 8.61. The maximum absolute atomic E-state index is 11.2. The molecule has 0 bridgehead atoms. The van der Waals surface area contributed by atoms with Gasteiger partial charge in [-0.3, -0.25) is 4.79 Å². The quantitative estimate of drug-likeness (QED) is 0.765. The Morgan fingerprint density at radius 3 is 2.40 bits per heavy atom. The van der Waals surface area contributed by atoms with E-state index < -0.39 is 15.8 Å². The third kappa shape index (κ3) is 2.41. The summed E-state index contributed by atoms with van der Waals surface area (Å²) in [5.74, 6) is -1.38. The predicted molar refractivity (Wildman–Crippen MR) is 51.9 cm³/mol. The van der Waals surface area contributed by atoms with E-state index >= 15 is 0 Å². The Labute approximate surface area is 86.3 Å². The molecular weight excluding hydrogens is 220 g/mol. The van der Waals surface area contributed by atoms with E-state index in [1.54, 1.807) is 0 Å². The van der Waals surface area contributed by atoms with Crippen molar-refractivity contribution in [2.45, 2.75) is 4.90 Å². The molecule has 0 aliphatic rings. The van der Waals surface area contributed by atoms with Gasteiger partial charge in [-0.2, -0.15) is 0 Å². The summed E-state index contributed by atoms with van der Waals surface area (Å²) in [6.45, 7) is 0. The minimum Gasteiger partial charge on any atom is -0.478 e. The first-order valence-corrected chi connectivity index (χ1v) is 5.78. The Kier molecular flexibility index (Phi) is 2.90. The van der Waals surface area contributed by atoms with Crippen LogP contribution in [-0.4, -0.2) is 32.0 Å². The number of aldehydes is 1. The maximum Gasteiger partial charge on any atom is 0.337 e. The van der Waals surface area contributed by atoms with Gasteiger partial charge in [0.25, 0.3) is 0 Å². The van der Waals surface area contributed by atoms with Gasteiger partial charge in [0.05, 0.1) is 10.5 Å². The van der Waals surface area contributed by atoms with Crippen molar-refractivity contribution in [3.8, 4) is 0 Å². The number of benzene rings is 1. The van der Waals surface area contributed by atoms with Crippen LogP contribution in [0.25, 0.3) is 0 Å². The molecule has 1 N–H and O–H groups in total.